The first kappa shape index (κ1) is 16.5. The highest BCUT2D eigenvalue weighted by Gasteiger charge is 2.49. The lowest BCUT2D eigenvalue weighted by molar-refractivity contribution is -0.187. The van der Waals surface area contributed by atoms with Crippen molar-refractivity contribution >= 4 is 16.9 Å². The molecule has 2 aromatic carbocycles. The average molecular weight is 340 g/mol. The van der Waals surface area contributed by atoms with Gasteiger partial charge in [0.1, 0.15) is 6.04 Å². The molecular formula is C15H15F3N4O2. The van der Waals surface area contributed by atoms with Gasteiger partial charge in [-0.15, -0.1) is 5.53 Å². The van der Waals surface area contributed by atoms with Gasteiger partial charge in [-0.25, -0.2) is 15.6 Å². The summed E-state index contributed by atoms with van der Waals surface area (Å²) in [4.78, 5) is 11.6. The van der Waals surface area contributed by atoms with Gasteiger partial charge in [-0.2, -0.15) is 18.3 Å². The van der Waals surface area contributed by atoms with Gasteiger partial charge in [0.15, 0.2) is 0 Å². The van der Waals surface area contributed by atoms with E-state index in [2.05, 4.69) is 21.1 Å². The van der Waals surface area contributed by atoms with Crippen molar-refractivity contribution in [2.75, 3.05) is 7.11 Å². The highest BCUT2D eigenvalue weighted by atomic mass is 19.4. The van der Waals surface area contributed by atoms with Gasteiger partial charge in [0.05, 0.1) is 13.2 Å². The van der Waals surface area contributed by atoms with Gasteiger partial charge >= 0.3 is 12.3 Å². The smallest absolute Gasteiger partial charge is 0.440 e. The third-order valence-electron chi connectivity index (χ3n) is 3.80. The molecule has 6 nitrogen and oxygen atoms in total. The fourth-order valence-corrected chi connectivity index (χ4v) is 2.69. The molecule has 3 N–H and O–H groups in total. The van der Waals surface area contributed by atoms with Gasteiger partial charge in [0.2, 0.25) is 0 Å². The summed E-state index contributed by atoms with van der Waals surface area (Å²) in [5, 5.41) is 2.22. The Labute approximate surface area is 135 Å². The molecule has 0 radical (unpaired) electrons. The standard InChI is InChI=1S/C15H15F3N4O2/c1-24-14(23)22-20-12(13(19-21-22)15(16,17)18)11-8-4-6-9-5-2-3-7-10(9)11/h2-8,12-13,19-21H,1H3. The highest BCUT2D eigenvalue weighted by Crippen LogP contribution is 2.34. The van der Waals surface area contributed by atoms with Crippen LogP contribution in [0.15, 0.2) is 42.5 Å². The zero-order chi connectivity index (χ0) is 17.3. The average Bonchev–Trinajstić information content (AvgIpc) is 2.59. The summed E-state index contributed by atoms with van der Waals surface area (Å²) in [7, 11) is 1.13. The maximum atomic E-state index is 13.4. The van der Waals surface area contributed by atoms with Crippen LogP contribution in [0.2, 0.25) is 0 Å². The van der Waals surface area contributed by atoms with Crippen molar-refractivity contribution in [3.8, 4) is 0 Å². The van der Waals surface area contributed by atoms with Gasteiger partial charge in [-0.1, -0.05) is 42.5 Å². The number of carbonyl (C=O) groups is 1. The van der Waals surface area contributed by atoms with Crippen molar-refractivity contribution in [3.05, 3.63) is 48.0 Å². The molecule has 0 aliphatic carbocycles. The van der Waals surface area contributed by atoms with E-state index in [1.54, 1.807) is 24.3 Å². The number of hydrogen-bond acceptors (Lipinski definition) is 5. The van der Waals surface area contributed by atoms with Crippen LogP contribution < -0.4 is 16.4 Å². The third-order valence-corrected chi connectivity index (χ3v) is 3.80. The first-order chi connectivity index (χ1) is 11.4. The summed E-state index contributed by atoms with van der Waals surface area (Å²) in [6.45, 7) is 0. The molecule has 1 aliphatic heterocycles. The second-order valence-corrected chi connectivity index (χ2v) is 5.26. The number of carbonyl (C=O) groups excluding carboxylic acids is 1. The Bertz CT molecular complexity index is 748. The minimum absolute atomic E-state index is 0.415. The summed E-state index contributed by atoms with van der Waals surface area (Å²) >= 11 is 0. The van der Waals surface area contributed by atoms with E-state index in [1.165, 1.54) is 0 Å². The quantitative estimate of drug-likeness (QED) is 0.744. The van der Waals surface area contributed by atoms with E-state index in [0.29, 0.717) is 10.9 Å². The number of rotatable bonds is 1. The zero-order valence-electron chi connectivity index (χ0n) is 12.6. The number of methoxy groups -OCH3 is 1. The first-order valence-electron chi connectivity index (χ1n) is 7.11. The molecule has 1 aliphatic rings. The van der Waals surface area contributed by atoms with E-state index in [-0.39, 0.29) is 0 Å². The van der Waals surface area contributed by atoms with E-state index in [0.717, 1.165) is 17.6 Å². The summed E-state index contributed by atoms with van der Waals surface area (Å²) in [6, 6.07) is 9.04. The Hall–Kier alpha value is -2.36. The molecule has 3 rings (SSSR count). The number of nitrogens with one attached hydrogen (secondary N) is 3. The molecule has 0 aromatic heterocycles. The lowest BCUT2D eigenvalue weighted by Gasteiger charge is -2.40. The Kier molecular flexibility index (Phi) is 4.31. The molecule has 2 atom stereocenters. The van der Waals surface area contributed by atoms with Crippen molar-refractivity contribution in [2.45, 2.75) is 18.3 Å². The van der Waals surface area contributed by atoms with Gasteiger partial charge in [0, 0.05) is 0 Å². The van der Waals surface area contributed by atoms with Crippen LogP contribution in [0.1, 0.15) is 11.6 Å². The van der Waals surface area contributed by atoms with Crippen molar-refractivity contribution in [3.63, 3.8) is 0 Å². The third kappa shape index (κ3) is 3.01. The largest absolute Gasteiger partial charge is 0.451 e. The predicted octanol–water partition coefficient (Wildman–Crippen LogP) is 2.41. The van der Waals surface area contributed by atoms with E-state index in [4.69, 9.17) is 0 Å². The molecule has 2 unspecified atom stereocenters. The molecule has 2 aromatic rings. The van der Waals surface area contributed by atoms with Gasteiger partial charge in [-0.3, -0.25) is 0 Å². The number of nitrogens with zero attached hydrogens (tertiary/aromatic N) is 1. The lowest BCUT2D eigenvalue weighted by Crippen LogP contribution is -2.71. The van der Waals surface area contributed by atoms with Gasteiger partial charge in [0.25, 0.3) is 0 Å². The summed E-state index contributed by atoms with van der Waals surface area (Å²) < 4.78 is 44.8. The van der Waals surface area contributed by atoms with Crippen molar-refractivity contribution in [1.29, 1.82) is 0 Å². The molecule has 1 amide bonds. The van der Waals surface area contributed by atoms with Crippen LogP contribution in [0.5, 0.6) is 0 Å². The van der Waals surface area contributed by atoms with E-state index in [1.807, 2.05) is 18.2 Å². The number of amides is 1. The van der Waals surface area contributed by atoms with Gasteiger partial charge in [-0.05, 0) is 16.3 Å². The Morgan fingerprint density at radius 3 is 2.58 bits per heavy atom. The number of hydrogen-bond donors (Lipinski definition) is 3. The monoisotopic (exact) mass is 340 g/mol. The number of hydrazine groups is 3. The molecular weight excluding hydrogens is 325 g/mol. The van der Waals surface area contributed by atoms with Crippen LogP contribution >= 0.6 is 0 Å². The SMILES string of the molecule is COC(=O)N1NNC(C(F)(F)F)C(c2cccc3ccccc23)N1. The maximum absolute atomic E-state index is 13.4. The van der Waals surface area contributed by atoms with Crippen LogP contribution in [0.25, 0.3) is 10.8 Å². The number of benzene rings is 2. The molecule has 0 spiro atoms. The highest BCUT2D eigenvalue weighted by molar-refractivity contribution is 5.86. The zero-order valence-corrected chi connectivity index (χ0v) is 12.6. The Morgan fingerprint density at radius 2 is 1.88 bits per heavy atom. The minimum Gasteiger partial charge on any atom is -0.451 e. The molecule has 1 saturated heterocycles. The van der Waals surface area contributed by atoms with Crippen molar-refractivity contribution < 1.29 is 22.7 Å². The van der Waals surface area contributed by atoms with Crippen LogP contribution in [0.4, 0.5) is 18.0 Å². The molecule has 0 bridgehead atoms. The van der Waals surface area contributed by atoms with Crippen molar-refractivity contribution in [1.82, 2.24) is 21.5 Å². The number of halogens is 3. The second kappa shape index (κ2) is 6.27. The van der Waals surface area contributed by atoms with Crippen LogP contribution in [-0.2, 0) is 4.74 Å². The molecule has 1 fully saturated rings. The topological polar surface area (TPSA) is 65.6 Å². The maximum Gasteiger partial charge on any atom is 0.440 e. The Morgan fingerprint density at radius 1 is 1.17 bits per heavy atom. The number of fused-ring (bicyclic) bond motifs is 1. The van der Waals surface area contributed by atoms with E-state index in [9.17, 15) is 18.0 Å². The van der Waals surface area contributed by atoms with Crippen LogP contribution in [0, 0.1) is 0 Å². The van der Waals surface area contributed by atoms with Crippen LogP contribution in [0.3, 0.4) is 0 Å². The summed E-state index contributed by atoms with van der Waals surface area (Å²) in [6.07, 6.45) is -5.41. The molecule has 128 valence electrons. The molecule has 1 heterocycles. The normalized spacial score (nSPS) is 21.8. The van der Waals surface area contributed by atoms with Crippen LogP contribution in [-0.4, -0.2) is 30.5 Å². The Balaban J connectivity index is 2.05. The summed E-state index contributed by atoms with van der Waals surface area (Å²) in [5.41, 5.74) is 7.23. The predicted molar refractivity (Wildman–Crippen MR) is 80.2 cm³/mol. The minimum atomic E-state index is -4.54. The fourth-order valence-electron chi connectivity index (χ4n) is 2.69. The van der Waals surface area contributed by atoms with Gasteiger partial charge < -0.3 is 4.74 Å². The number of alkyl halides is 3. The van der Waals surface area contributed by atoms with Crippen molar-refractivity contribution in [2.24, 2.45) is 0 Å². The molecule has 0 saturated carbocycles. The van der Waals surface area contributed by atoms with E-state index >= 15 is 0 Å². The fraction of sp³-hybridized carbons (Fsp3) is 0.267. The molecule has 9 heteroatoms. The van der Waals surface area contributed by atoms with E-state index < -0.39 is 24.4 Å². The number of ether oxygens (including phenoxy) is 1. The first-order valence-corrected chi connectivity index (χ1v) is 7.11. The molecule has 24 heavy (non-hydrogen) atoms. The lowest BCUT2D eigenvalue weighted by atomic mass is 9.94. The second-order valence-electron chi connectivity index (χ2n) is 5.26. The summed E-state index contributed by atoms with van der Waals surface area (Å²) in [5.74, 6) is 0.